The molecule has 0 spiro atoms. The summed E-state index contributed by atoms with van der Waals surface area (Å²) in [5.41, 5.74) is 4.87. The molecule has 0 fully saturated rings. The number of fused-ring (bicyclic) bond motifs is 1. The van der Waals surface area contributed by atoms with Crippen LogP contribution in [0.5, 0.6) is 0 Å². The molecule has 0 aliphatic rings. The number of carbonyl (C=O) groups is 1. The van der Waals surface area contributed by atoms with Gasteiger partial charge in [-0.25, -0.2) is 9.78 Å². The monoisotopic (exact) mass is 401 g/mol. The molecule has 4 aromatic rings. The lowest BCUT2D eigenvalue weighted by molar-refractivity contribution is 0.0698. The number of anilines is 1. The molecule has 8 heteroatoms. The third-order valence-electron chi connectivity index (χ3n) is 3.98. The first-order valence-corrected chi connectivity index (χ1v) is 9.51. The number of nitrogens with one attached hydrogen (secondary N) is 1. The Morgan fingerprint density at radius 3 is 2.45 bits per heavy atom. The number of carboxylic acids is 1. The van der Waals surface area contributed by atoms with E-state index in [-0.39, 0.29) is 5.56 Å². The van der Waals surface area contributed by atoms with Crippen LogP contribution in [-0.4, -0.2) is 21.9 Å². The zero-order valence-electron chi connectivity index (χ0n) is 15.1. The van der Waals surface area contributed by atoms with E-state index in [0.29, 0.717) is 16.7 Å². The Balaban J connectivity index is 1.67. The number of rotatable bonds is 5. The number of hydrogen-bond donors (Lipinski definition) is 2. The summed E-state index contributed by atoms with van der Waals surface area (Å²) >= 11 is 1.43. The minimum atomic E-state index is -1.04. The van der Waals surface area contributed by atoms with E-state index in [9.17, 15) is 9.90 Å². The van der Waals surface area contributed by atoms with E-state index in [1.165, 1.54) is 17.4 Å². The van der Waals surface area contributed by atoms with Crippen LogP contribution in [0.2, 0.25) is 0 Å². The minimum absolute atomic E-state index is 0.117. The quantitative estimate of drug-likeness (QED) is 0.198. The van der Waals surface area contributed by atoms with E-state index in [0.717, 1.165) is 15.8 Å². The lowest BCUT2D eigenvalue weighted by Gasteiger charge is -2.06. The van der Waals surface area contributed by atoms with E-state index in [1.807, 2.05) is 54.6 Å². The van der Waals surface area contributed by atoms with Gasteiger partial charge in [-0.1, -0.05) is 65.9 Å². The summed E-state index contributed by atoms with van der Waals surface area (Å²) in [4.78, 5) is 15.8. The van der Waals surface area contributed by atoms with Gasteiger partial charge in [0, 0.05) is 5.56 Å². The van der Waals surface area contributed by atoms with Crippen LogP contribution in [0.25, 0.3) is 10.2 Å². The summed E-state index contributed by atoms with van der Waals surface area (Å²) in [5.74, 6) is -0.731. The number of aromatic nitrogens is 1. The third-order valence-corrected chi connectivity index (χ3v) is 4.91. The Morgan fingerprint density at radius 2 is 1.66 bits per heavy atom. The number of nitrogens with zero attached hydrogens (tertiary/aromatic N) is 4. The molecule has 0 amide bonds. The highest BCUT2D eigenvalue weighted by atomic mass is 32.1. The van der Waals surface area contributed by atoms with Gasteiger partial charge < -0.3 is 5.11 Å². The third kappa shape index (κ3) is 4.33. The Morgan fingerprint density at radius 1 is 0.931 bits per heavy atom. The number of hydrazone groups is 1. The number of thiazole rings is 1. The fraction of sp³-hybridized carbons (Fsp3) is 0. The molecule has 0 atom stereocenters. The van der Waals surface area contributed by atoms with Crippen LogP contribution in [0.4, 0.5) is 10.8 Å². The number of aromatic carboxylic acids is 1. The minimum Gasteiger partial charge on any atom is -0.478 e. The predicted octanol–water partition coefficient (Wildman–Crippen LogP) is 5.55. The molecular formula is C21H15N5O2S. The number of azo groups is 1. The van der Waals surface area contributed by atoms with Crippen molar-refractivity contribution in [1.82, 2.24) is 4.98 Å². The average Bonchev–Trinajstić information content (AvgIpc) is 3.17. The van der Waals surface area contributed by atoms with Crippen molar-refractivity contribution in [3.63, 3.8) is 0 Å². The molecule has 0 aliphatic heterocycles. The van der Waals surface area contributed by atoms with Gasteiger partial charge in [0.15, 0.2) is 0 Å². The van der Waals surface area contributed by atoms with Crippen molar-refractivity contribution < 1.29 is 9.90 Å². The van der Waals surface area contributed by atoms with E-state index in [2.05, 4.69) is 25.7 Å². The van der Waals surface area contributed by atoms with Crippen LogP contribution in [-0.2, 0) is 0 Å². The van der Waals surface area contributed by atoms with E-state index >= 15 is 0 Å². The van der Waals surface area contributed by atoms with E-state index in [4.69, 9.17) is 0 Å². The summed E-state index contributed by atoms with van der Waals surface area (Å²) in [6, 6.07) is 23.6. The van der Waals surface area contributed by atoms with Crippen LogP contribution in [0.1, 0.15) is 15.9 Å². The van der Waals surface area contributed by atoms with Crippen LogP contribution >= 0.6 is 11.3 Å². The maximum absolute atomic E-state index is 11.4. The molecule has 0 bridgehead atoms. The highest BCUT2D eigenvalue weighted by Crippen LogP contribution is 2.28. The summed E-state index contributed by atoms with van der Waals surface area (Å²) in [6.45, 7) is 0. The molecule has 7 nitrogen and oxygen atoms in total. The Kier molecular flexibility index (Phi) is 5.35. The lowest BCUT2D eigenvalue weighted by Crippen LogP contribution is -2.05. The molecule has 1 heterocycles. The summed E-state index contributed by atoms with van der Waals surface area (Å²) in [7, 11) is 0. The number of carboxylic acid groups (broad SMARTS) is 1. The number of amidine groups is 1. The number of benzene rings is 3. The van der Waals surface area contributed by atoms with Gasteiger partial charge in [-0.15, -0.1) is 10.2 Å². The SMILES string of the molecule is O=C(O)c1ccccc1N/N=C(/N=Nc1nc2ccccc2s1)c1ccccc1. The zero-order chi connectivity index (χ0) is 20.1. The van der Waals surface area contributed by atoms with Crippen LogP contribution in [0.3, 0.4) is 0 Å². The van der Waals surface area contributed by atoms with Gasteiger partial charge in [-0.3, -0.25) is 5.43 Å². The molecule has 29 heavy (non-hydrogen) atoms. The van der Waals surface area contributed by atoms with Gasteiger partial charge >= 0.3 is 5.97 Å². The highest BCUT2D eigenvalue weighted by Gasteiger charge is 2.09. The normalized spacial score (nSPS) is 11.8. The maximum Gasteiger partial charge on any atom is 0.337 e. The second kappa shape index (κ2) is 8.41. The zero-order valence-corrected chi connectivity index (χ0v) is 15.9. The van der Waals surface area contributed by atoms with E-state index in [1.54, 1.807) is 18.2 Å². The second-order valence-electron chi connectivity index (χ2n) is 5.93. The molecule has 1 aromatic heterocycles. The standard InChI is InChI=1S/C21H15N5O2S/c27-20(28)15-10-4-5-11-16(15)23-24-19(14-8-2-1-3-9-14)25-26-21-22-17-12-6-7-13-18(17)29-21/h1-13,23H,(H,27,28)/b24-19+,26-25?. The van der Waals surface area contributed by atoms with Crippen molar-refractivity contribution in [1.29, 1.82) is 0 Å². The molecule has 0 saturated carbocycles. The highest BCUT2D eigenvalue weighted by molar-refractivity contribution is 7.21. The first-order valence-electron chi connectivity index (χ1n) is 8.69. The fourth-order valence-corrected chi connectivity index (χ4v) is 3.39. The van der Waals surface area contributed by atoms with Crippen molar-refractivity contribution in [2.24, 2.45) is 15.3 Å². The Bertz CT molecular complexity index is 1180. The average molecular weight is 401 g/mol. The van der Waals surface area contributed by atoms with Gasteiger partial charge in [0.1, 0.15) is 0 Å². The lowest BCUT2D eigenvalue weighted by atomic mass is 10.2. The Labute approximate surface area is 170 Å². The largest absolute Gasteiger partial charge is 0.478 e. The summed E-state index contributed by atoms with van der Waals surface area (Å²) in [5, 5.41) is 22.6. The van der Waals surface area contributed by atoms with Crippen LogP contribution in [0, 0.1) is 0 Å². The number of para-hydroxylation sites is 2. The van der Waals surface area contributed by atoms with Gasteiger partial charge in [-0.05, 0) is 24.3 Å². The van der Waals surface area contributed by atoms with Crippen molar-refractivity contribution in [3.05, 3.63) is 90.0 Å². The molecular weight excluding hydrogens is 386 g/mol. The fourth-order valence-electron chi connectivity index (χ4n) is 2.61. The Hall–Kier alpha value is -3.91. The summed E-state index contributed by atoms with van der Waals surface area (Å²) in [6.07, 6.45) is 0. The molecule has 2 N–H and O–H groups in total. The van der Waals surface area contributed by atoms with Crippen LogP contribution < -0.4 is 5.43 Å². The van der Waals surface area contributed by atoms with Gasteiger partial charge in [0.2, 0.25) is 11.0 Å². The first-order chi connectivity index (χ1) is 14.2. The van der Waals surface area contributed by atoms with Gasteiger partial charge in [-0.2, -0.15) is 5.10 Å². The van der Waals surface area contributed by atoms with Crippen LogP contribution in [0.15, 0.2) is 94.2 Å². The van der Waals surface area contributed by atoms with Crippen molar-refractivity contribution in [2.75, 3.05) is 5.43 Å². The molecule has 142 valence electrons. The van der Waals surface area contributed by atoms with E-state index < -0.39 is 5.97 Å². The van der Waals surface area contributed by atoms with Crippen molar-refractivity contribution in [2.45, 2.75) is 0 Å². The molecule has 3 aromatic carbocycles. The second-order valence-corrected chi connectivity index (χ2v) is 6.94. The van der Waals surface area contributed by atoms with Gasteiger partial charge in [0.05, 0.1) is 21.5 Å². The van der Waals surface area contributed by atoms with Crippen molar-refractivity contribution in [3.8, 4) is 0 Å². The number of hydrogen-bond acceptors (Lipinski definition) is 6. The smallest absolute Gasteiger partial charge is 0.337 e. The van der Waals surface area contributed by atoms with Gasteiger partial charge in [0.25, 0.3) is 0 Å². The molecule has 4 rings (SSSR count). The molecule has 0 saturated heterocycles. The first kappa shape index (κ1) is 18.5. The molecule has 0 radical (unpaired) electrons. The molecule has 0 unspecified atom stereocenters. The molecule has 0 aliphatic carbocycles. The van der Waals surface area contributed by atoms with Crippen molar-refractivity contribution >= 4 is 44.2 Å². The predicted molar refractivity (Wildman–Crippen MR) is 114 cm³/mol. The topological polar surface area (TPSA) is 99.3 Å². The maximum atomic E-state index is 11.4. The summed E-state index contributed by atoms with van der Waals surface area (Å²) < 4.78 is 1.02.